The second-order valence-corrected chi connectivity index (χ2v) is 3.48. The number of aromatic nitrogens is 3. The molecule has 0 fully saturated rings. The number of nitrogens with one attached hydrogen (secondary N) is 1. The largest absolute Gasteiger partial charge is 0.343 e. The number of carbonyl (C=O) groups excluding carboxylic acids is 1. The summed E-state index contributed by atoms with van der Waals surface area (Å²) >= 11 is 0. The number of fused-ring (bicyclic) bond motifs is 1. The van der Waals surface area contributed by atoms with Crippen molar-refractivity contribution in [3.05, 3.63) is 24.2 Å². The highest BCUT2D eigenvalue weighted by atomic mass is 16.2. The lowest BCUT2D eigenvalue weighted by molar-refractivity contribution is 0.0773. The van der Waals surface area contributed by atoms with Gasteiger partial charge in [0.15, 0.2) is 5.65 Å². The Bertz CT molecular complexity index is 501. The predicted molar refractivity (Wildman–Crippen MR) is 61.1 cm³/mol. The summed E-state index contributed by atoms with van der Waals surface area (Å²) in [7, 11) is 0. The Morgan fingerprint density at radius 3 is 2.81 bits per heavy atom. The first kappa shape index (κ1) is 10.6. The molecule has 0 atom stereocenters. The molecule has 0 spiro atoms. The van der Waals surface area contributed by atoms with Crippen molar-refractivity contribution in [1.29, 1.82) is 0 Å². The standard InChI is InChI=1S/C11H14N4O/c1-3-15(4-2)11(16)8-5-9-10(12-6-8)14-7-13-9/h5-7H,3-4H2,1-2H3,(H,12,13,14). The molecule has 0 aliphatic heterocycles. The molecule has 0 aromatic carbocycles. The fourth-order valence-electron chi connectivity index (χ4n) is 1.64. The molecule has 16 heavy (non-hydrogen) atoms. The van der Waals surface area contributed by atoms with Gasteiger partial charge in [-0.15, -0.1) is 0 Å². The number of aromatic amines is 1. The third-order valence-electron chi connectivity index (χ3n) is 2.57. The van der Waals surface area contributed by atoms with E-state index in [1.807, 2.05) is 13.8 Å². The number of hydrogen-bond acceptors (Lipinski definition) is 3. The molecule has 2 aromatic heterocycles. The van der Waals surface area contributed by atoms with E-state index < -0.39 is 0 Å². The van der Waals surface area contributed by atoms with Crippen LogP contribution in [-0.4, -0.2) is 38.8 Å². The molecule has 1 N–H and O–H groups in total. The van der Waals surface area contributed by atoms with Crippen LogP contribution in [0.15, 0.2) is 18.6 Å². The SMILES string of the molecule is CCN(CC)C(=O)c1cnc2nc[nH]c2c1. The second-order valence-electron chi connectivity index (χ2n) is 3.48. The zero-order chi connectivity index (χ0) is 11.5. The molecule has 0 saturated carbocycles. The summed E-state index contributed by atoms with van der Waals surface area (Å²) in [5.41, 5.74) is 2.02. The Labute approximate surface area is 93.5 Å². The minimum Gasteiger partial charge on any atom is -0.343 e. The molecule has 0 unspecified atom stereocenters. The van der Waals surface area contributed by atoms with Gasteiger partial charge in [0.05, 0.1) is 17.4 Å². The van der Waals surface area contributed by atoms with E-state index in [2.05, 4.69) is 15.0 Å². The smallest absolute Gasteiger partial charge is 0.255 e. The van der Waals surface area contributed by atoms with Crippen LogP contribution in [0, 0.1) is 0 Å². The van der Waals surface area contributed by atoms with Gasteiger partial charge >= 0.3 is 0 Å². The van der Waals surface area contributed by atoms with E-state index in [-0.39, 0.29) is 5.91 Å². The van der Waals surface area contributed by atoms with Crippen LogP contribution in [0.3, 0.4) is 0 Å². The molecule has 2 heterocycles. The Hall–Kier alpha value is -1.91. The maximum absolute atomic E-state index is 12.0. The molecule has 0 bridgehead atoms. The van der Waals surface area contributed by atoms with Crippen molar-refractivity contribution in [1.82, 2.24) is 19.9 Å². The summed E-state index contributed by atoms with van der Waals surface area (Å²) in [4.78, 5) is 24.9. The summed E-state index contributed by atoms with van der Waals surface area (Å²) < 4.78 is 0. The summed E-state index contributed by atoms with van der Waals surface area (Å²) in [5.74, 6) is 0.00833. The first-order valence-corrected chi connectivity index (χ1v) is 5.34. The monoisotopic (exact) mass is 218 g/mol. The van der Waals surface area contributed by atoms with Gasteiger partial charge in [-0.1, -0.05) is 0 Å². The normalized spacial score (nSPS) is 10.6. The van der Waals surface area contributed by atoms with Crippen molar-refractivity contribution < 1.29 is 4.79 Å². The molecular weight excluding hydrogens is 204 g/mol. The van der Waals surface area contributed by atoms with Gasteiger partial charge in [0, 0.05) is 19.3 Å². The highest BCUT2D eigenvalue weighted by Gasteiger charge is 2.13. The van der Waals surface area contributed by atoms with Crippen molar-refractivity contribution in [3.8, 4) is 0 Å². The molecule has 0 saturated heterocycles. The van der Waals surface area contributed by atoms with E-state index in [0.717, 1.165) is 5.52 Å². The molecule has 0 aliphatic carbocycles. The van der Waals surface area contributed by atoms with Crippen molar-refractivity contribution in [2.24, 2.45) is 0 Å². The number of carbonyl (C=O) groups is 1. The fourth-order valence-corrected chi connectivity index (χ4v) is 1.64. The van der Waals surface area contributed by atoms with Gasteiger partial charge in [-0.2, -0.15) is 0 Å². The Balaban J connectivity index is 2.35. The number of H-pyrrole nitrogens is 1. The van der Waals surface area contributed by atoms with Crippen LogP contribution in [0.4, 0.5) is 0 Å². The van der Waals surface area contributed by atoms with E-state index in [1.165, 1.54) is 0 Å². The minimum absolute atomic E-state index is 0.00833. The average molecular weight is 218 g/mol. The van der Waals surface area contributed by atoms with Crippen LogP contribution in [0.25, 0.3) is 11.2 Å². The van der Waals surface area contributed by atoms with Crippen LogP contribution >= 0.6 is 0 Å². The van der Waals surface area contributed by atoms with Gasteiger partial charge in [-0.05, 0) is 19.9 Å². The lowest BCUT2D eigenvalue weighted by atomic mass is 10.2. The molecule has 84 valence electrons. The number of hydrogen-bond donors (Lipinski definition) is 1. The third-order valence-corrected chi connectivity index (χ3v) is 2.57. The molecule has 5 nitrogen and oxygen atoms in total. The van der Waals surface area contributed by atoms with E-state index in [4.69, 9.17) is 0 Å². The van der Waals surface area contributed by atoms with E-state index in [1.54, 1.807) is 23.5 Å². The van der Waals surface area contributed by atoms with Gasteiger partial charge < -0.3 is 9.88 Å². The number of rotatable bonds is 3. The second kappa shape index (κ2) is 4.30. The molecular formula is C11H14N4O. The highest BCUT2D eigenvalue weighted by molar-refractivity contribution is 5.96. The minimum atomic E-state index is 0.00833. The lowest BCUT2D eigenvalue weighted by Gasteiger charge is -2.18. The highest BCUT2D eigenvalue weighted by Crippen LogP contribution is 2.10. The maximum Gasteiger partial charge on any atom is 0.255 e. The van der Waals surface area contributed by atoms with Crippen LogP contribution in [0.2, 0.25) is 0 Å². The molecule has 2 aromatic rings. The zero-order valence-corrected chi connectivity index (χ0v) is 9.40. The predicted octanol–water partition coefficient (Wildman–Crippen LogP) is 1.44. The molecule has 1 amide bonds. The summed E-state index contributed by atoms with van der Waals surface area (Å²) in [6.07, 6.45) is 3.15. The van der Waals surface area contributed by atoms with E-state index in [9.17, 15) is 4.79 Å². The third kappa shape index (κ3) is 1.76. The Morgan fingerprint density at radius 2 is 2.12 bits per heavy atom. The first-order valence-electron chi connectivity index (χ1n) is 5.34. The Kier molecular flexibility index (Phi) is 2.85. The summed E-state index contributed by atoms with van der Waals surface area (Å²) in [5, 5.41) is 0. The first-order chi connectivity index (χ1) is 7.76. The van der Waals surface area contributed by atoms with Gasteiger partial charge in [-0.25, -0.2) is 9.97 Å². The van der Waals surface area contributed by atoms with Gasteiger partial charge in [0.25, 0.3) is 5.91 Å². The molecule has 0 radical (unpaired) electrons. The quantitative estimate of drug-likeness (QED) is 0.847. The number of pyridine rings is 1. The fraction of sp³-hybridized carbons (Fsp3) is 0.364. The van der Waals surface area contributed by atoms with Gasteiger partial charge in [0.2, 0.25) is 0 Å². The topological polar surface area (TPSA) is 61.9 Å². The van der Waals surface area contributed by atoms with Crippen LogP contribution in [0.1, 0.15) is 24.2 Å². The van der Waals surface area contributed by atoms with E-state index >= 15 is 0 Å². The zero-order valence-electron chi connectivity index (χ0n) is 9.40. The summed E-state index contributed by atoms with van der Waals surface area (Å²) in [6, 6.07) is 1.79. The van der Waals surface area contributed by atoms with Crippen LogP contribution < -0.4 is 0 Å². The van der Waals surface area contributed by atoms with Crippen molar-refractivity contribution in [2.75, 3.05) is 13.1 Å². The number of imidazole rings is 1. The van der Waals surface area contributed by atoms with Gasteiger partial charge in [0.1, 0.15) is 0 Å². The van der Waals surface area contributed by atoms with Crippen molar-refractivity contribution in [3.63, 3.8) is 0 Å². The number of amides is 1. The van der Waals surface area contributed by atoms with Crippen LogP contribution in [0.5, 0.6) is 0 Å². The Morgan fingerprint density at radius 1 is 1.38 bits per heavy atom. The molecule has 0 aliphatic rings. The summed E-state index contributed by atoms with van der Waals surface area (Å²) in [6.45, 7) is 5.33. The number of nitrogens with zero attached hydrogens (tertiary/aromatic N) is 3. The lowest BCUT2D eigenvalue weighted by Crippen LogP contribution is -2.30. The van der Waals surface area contributed by atoms with Crippen molar-refractivity contribution >= 4 is 17.1 Å². The molecule has 2 rings (SSSR count). The molecule has 5 heteroatoms. The van der Waals surface area contributed by atoms with E-state index in [0.29, 0.717) is 24.3 Å². The van der Waals surface area contributed by atoms with Crippen molar-refractivity contribution in [2.45, 2.75) is 13.8 Å². The maximum atomic E-state index is 12.0. The van der Waals surface area contributed by atoms with Gasteiger partial charge in [-0.3, -0.25) is 4.79 Å². The van der Waals surface area contributed by atoms with Crippen LogP contribution in [-0.2, 0) is 0 Å². The average Bonchev–Trinajstić information content (AvgIpc) is 2.77.